The largest absolute Gasteiger partial charge is 0.493 e. The van der Waals surface area contributed by atoms with Gasteiger partial charge in [0.25, 0.3) is 0 Å². The van der Waals surface area contributed by atoms with E-state index in [0.29, 0.717) is 5.92 Å². The minimum Gasteiger partial charge on any atom is -0.493 e. The van der Waals surface area contributed by atoms with Crippen LogP contribution in [-0.4, -0.2) is 27.8 Å². The van der Waals surface area contributed by atoms with Gasteiger partial charge in [-0.15, -0.1) is 0 Å². The molecular formula is C13H19NO2. The lowest BCUT2D eigenvalue weighted by Gasteiger charge is -2.12. The molecule has 1 aromatic carbocycles. The Kier molecular flexibility index (Phi) is 3.34. The second kappa shape index (κ2) is 4.74. The first-order valence-corrected chi connectivity index (χ1v) is 5.67. The van der Waals surface area contributed by atoms with Gasteiger partial charge in [0.1, 0.15) is 0 Å². The summed E-state index contributed by atoms with van der Waals surface area (Å²) in [6.07, 6.45) is 1.24. The number of para-hydroxylation sites is 1. The molecule has 1 aliphatic rings. The highest BCUT2D eigenvalue weighted by Crippen LogP contribution is 2.51. The Bertz CT molecular complexity index is 365. The Labute approximate surface area is 96.8 Å². The molecule has 1 N–H and O–H groups in total. The highest BCUT2D eigenvalue weighted by molar-refractivity contribution is 5.50. The summed E-state index contributed by atoms with van der Waals surface area (Å²) in [6.45, 7) is 1.07. The van der Waals surface area contributed by atoms with Crippen molar-refractivity contribution in [1.82, 2.24) is 5.32 Å². The molecule has 2 rings (SSSR count). The van der Waals surface area contributed by atoms with Gasteiger partial charge in [-0.2, -0.15) is 0 Å². The summed E-state index contributed by atoms with van der Waals surface area (Å²) in [5.74, 6) is 3.09. The van der Waals surface area contributed by atoms with Crippen LogP contribution in [-0.2, 0) is 0 Å². The minimum absolute atomic E-state index is 0.623. The Hall–Kier alpha value is -1.22. The van der Waals surface area contributed by atoms with Gasteiger partial charge in [0.2, 0.25) is 0 Å². The number of benzene rings is 1. The van der Waals surface area contributed by atoms with Gasteiger partial charge < -0.3 is 14.8 Å². The Morgan fingerprint density at radius 1 is 1.31 bits per heavy atom. The molecule has 16 heavy (non-hydrogen) atoms. The van der Waals surface area contributed by atoms with Crippen molar-refractivity contribution in [2.45, 2.75) is 12.3 Å². The second-order valence-electron chi connectivity index (χ2n) is 4.24. The molecule has 1 saturated carbocycles. The number of hydrogen-bond acceptors (Lipinski definition) is 3. The maximum Gasteiger partial charge on any atom is 0.164 e. The molecule has 0 aliphatic heterocycles. The van der Waals surface area contributed by atoms with Gasteiger partial charge in [-0.25, -0.2) is 0 Å². The average molecular weight is 221 g/mol. The average Bonchev–Trinajstić information content (AvgIpc) is 3.07. The standard InChI is InChI=1S/C13H19NO2/c1-14-8-9-7-11(9)10-5-4-6-12(15-2)13(10)16-3/h4-6,9,11,14H,7-8H2,1-3H3. The molecule has 0 aromatic heterocycles. The van der Waals surface area contributed by atoms with Crippen molar-refractivity contribution in [3.05, 3.63) is 23.8 Å². The highest BCUT2D eigenvalue weighted by Gasteiger charge is 2.39. The summed E-state index contributed by atoms with van der Waals surface area (Å²) in [7, 11) is 5.38. The lowest BCUT2D eigenvalue weighted by atomic mass is 10.1. The zero-order valence-electron chi connectivity index (χ0n) is 10.1. The topological polar surface area (TPSA) is 30.5 Å². The van der Waals surface area contributed by atoms with Gasteiger partial charge >= 0.3 is 0 Å². The van der Waals surface area contributed by atoms with E-state index in [-0.39, 0.29) is 0 Å². The van der Waals surface area contributed by atoms with E-state index < -0.39 is 0 Å². The molecule has 0 amide bonds. The fourth-order valence-electron chi connectivity index (χ4n) is 2.32. The first kappa shape index (κ1) is 11.3. The van der Waals surface area contributed by atoms with E-state index in [0.717, 1.165) is 24.0 Å². The van der Waals surface area contributed by atoms with E-state index in [1.165, 1.54) is 12.0 Å². The lowest BCUT2D eigenvalue weighted by Crippen LogP contribution is -2.10. The van der Waals surface area contributed by atoms with Crippen LogP contribution in [0.4, 0.5) is 0 Å². The van der Waals surface area contributed by atoms with E-state index in [1.807, 2.05) is 19.2 Å². The minimum atomic E-state index is 0.623. The van der Waals surface area contributed by atoms with Crippen LogP contribution in [0.3, 0.4) is 0 Å². The van der Waals surface area contributed by atoms with E-state index in [4.69, 9.17) is 9.47 Å². The van der Waals surface area contributed by atoms with Gasteiger partial charge in [0.05, 0.1) is 14.2 Å². The molecule has 2 unspecified atom stereocenters. The summed E-state index contributed by atoms with van der Waals surface area (Å²) in [4.78, 5) is 0. The van der Waals surface area contributed by atoms with Gasteiger partial charge in [-0.3, -0.25) is 0 Å². The normalized spacial score (nSPS) is 22.9. The molecule has 88 valence electrons. The maximum absolute atomic E-state index is 5.45. The molecule has 2 atom stereocenters. The maximum atomic E-state index is 5.45. The molecule has 3 heteroatoms. The van der Waals surface area contributed by atoms with Gasteiger partial charge in [-0.1, -0.05) is 12.1 Å². The Balaban J connectivity index is 2.21. The molecular weight excluding hydrogens is 202 g/mol. The quantitative estimate of drug-likeness (QED) is 0.825. The van der Waals surface area contributed by atoms with Crippen LogP contribution in [0.15, 0.2) is 18.2 Å². The molecule has 0 spiro atoms. The van der Waals surface area contributed by atoms with E-state index in [2.05, 4.69) is 11.4 Å². The number of hydrogen-bond donors (Lipinski definition) is 1. The predicted molar refractivity (Wildman–Crippen MR) is 64.3 cm³/mol. The van der Waals surface area contributed by atoms with Crippen molar-refractivity contribution < 1.29 is 9.47 Å². The molecule has 1 aliphatic carbocycles. The van der Waals surface area contributed by atoms with Crippen molar-refractivity contribution in [2.75, 3.05) is 27.8 Å². The van der Waals surface area contributed by atoms with Crippen LogP contribution in [0.25, 0.3) is 0 Å². The van der Waals surface area contributed by atoms with E-state index >= 15 is 0 Å². The van der Waals surface area contributed by atoms with Crippen molar-refractivity contribution in [3.8, 4) is 11.5 Å². The molecule has 0 bridgehead atoms. The first-order chi connectivity index (χ1) is 7.81. The molecule has 3 nitrogen and oxygen atoms in total. The van der Waals surface area contributed by atoms with Crippen molar-refractivity contribution in [2.24, 2.45) is 5.92 Å². The SMILES string of the molecule is CNCC1CC1c1cccc(OC)c1OC. The fourth-order valence-corrected chi connectivity index (χ4v) is 2.32. The lowest BCUT2D eigenvalue weighted by molar-refractivity contribution is 0.351. The van der Waals surface area contributed by atoms with Crippen LogP contribution >= 0.6 is 0 Å². The fraction of sp³-hybridized carbons (Fsp3) is 0.538. The van der Waals surface area contributed by atoms with Crippen LogP contribution in [0.1, 0.15) is 17.9 Å². The smallest absolute Gasteiger partial charge is 0.164 e. The van der Waals surface area contributed by atoms with Gasteiger partial charge in [-0.05, 0) is 37.9 Å². The second-order valence-corrected chi connectivity index (χ2v) is 4.24. The number of ether oxygens (including phenoxy) is 2. The van der Waals surface area contributed by atoms with Crippen LogP contribution in [0.2, 0.25) is 0 Å². The summed E-state index contributed by atoms with van der Waals surface area (Å²) in [6, 6.07) is 6.12. The third kappa shape index (κ3) is 2.00. The third-order valence-electron chi connectivity index (χ3n) is 3.22. The highest BCUT2D eigenvalue weighted by atomic mass is 16.5. The van der Waals surface area contributed by atoms with Gasteiger partial charge in [0.15, 0.2) is 11.5 Å². The molecule has 0 radical (unpaired) electrons. The third-order valence-corrected chi connectivity index (χ3v) is 3.22. The van der Waals surface area contributed by atoms with E-state index in [9.17, 15) is 0 Å². The van der Waals surface area contributed by atoms with Crippen LogP contribution < -0.4 is 14.8 Å². The zero-order valence-corrected chi connectivity index (χ0v) is 10.1. The zero-order chi connectivity index (χ0) is 11.5. The van der Waals surface area contributed by atoms with Crippen molar-refractivity contribution >= 4 is 0 Å². The van der Waals surface area contributed by atoms with Crippen LogP contribution in [0, 0.1) is 5.92 Å². The summed E-state index contributed by atoms with van der Waals surface area (Å²) >= 11 is 0. The number of rotatable bonds is 5. The van der Waals surface area contributed by atoms with Crippen molar-refractivity contribution in [1.29, 1.82) is 0 Å². The van der Waals surface area contributed by atoms with Gasteiger partial charge in [0, 0.05) is 5.56 Å². The Morgan fingerprint density at radius 3 is 2.75 bits per heavy atom. The summed E-state index contributed by atoms with van der Waals surface area (Å²) in [5, 5.41) is 3.22. The number of nitrogens with one attached hydrogen (secondary N) is 1. The summed E-state index contributed by atoms with van der Waals surface area (Å²) in [5.41, 5.74) is 1.28. The Morgan fingerprint density at radius 2 is 2.12 bits per heavy atom. The molecule has 0 saturated heterocycles. The molecule has 1 fully saturated rings. The summed E-state index contributed by atoms with van der Waals surface area (Å²) < 4.78 is 10.8. The van der Waals surface area contributed by atoms with Crippen molar-refractivity contribution in [3.63, 3.8) is 0 Å². The predicted octanol–water partition coefficient (Wildman–Crippen LogP) is 2.03. The monoisotopic (exact) mass is 221 g/mol. The van der Waals surface area contributed by atoms with E-state index in [1.54, 1.807) is 14.2 Å². The number of methoxy groups -OCH3 is 2. The van der Waals surface area contributed by atoms with Crippen LogP contribution in [0.5, 0.6) is 11.5 Å². The first-order valence-electron chi connectivity index (χ1n) is 5.67. The molecule has 0 heterocycles. The molecule has 1 aromatic rings.